The first-order valence-corrected chi connectivity index (χ1v) is 8.23. The van der Waals surface area contributed by atoms with E-state index in [0.717, 1.165) is 15.8 Å². The van der Waals surface area contributed by atoms with Crippen LogP contribution in [0.4, 0.5) is 20.6 Å². The quantitative estimate of drug-likeness (QED) is 0.859. The third kappa shape index (κ3) is 4.01. The minimum absolute atomic E-state index is 0.105. The molecule has 1 N–H and O–H groups in total. The second kappa shape index (κ2) is 7.00. The summed E-state index contributed by atoms with van der Waals surface area (Å²) in [5, 5.41) is 2.89. The molecule has 2 aromatic rings. The van der Waals surface area contributed by atoms with Crippen molar-refractivity contribution in [2.24, 2.45) is 0 Å². The highest BCUT2D eigenvalue weighted by molar-refractivity contribution is 9.10. The molecular weight excluding hydrogens is 361 g/mol. The van der Waals surface area contributed by atoms with Crippen LogP contribution in [0.3, 0.4) is 0 Å². The molecule has 0 bridgehead atoms. The van der Waals surface area contributed by atoms with E-state index in [1.807, 2.05) is 30.3 Å². The Kier molecular flexibility index (Phi) is 4.81. The standard InChI is InChI=1S/C17H17BrFN3O/c18-13-4-6-15(7-5-13)20-17(23)22-10-8-21(9-11-22)16-3-1-2-14(19)12-16/h1-7,12H,8-11H2,(H,20,23). The number of nitrogens with zero attached hydrogens (tertiary/aromatic N) is 2. The maximum absolute atomic E-state index is 13.3. The van der Waals surface area contributed by atoms with Crippen molar-refractivity contribution >= 4 is 33.3 Å². The highest BCUT2D eigenvalue weighted by atomic mass is 79.9. The number of piperazine rings is 1. The lowest BCUT2D eigenvalue weighted by molar-refractivity contribution is 0.208. The van der Waals surface area contributed by atoms with E-state index in [0.29, 0.717) is 26.2 Å². The molecule has 0 unspecified atom stereocenters. The van der Waals surface area contributed by atoms with Crippen LogP contribution in [0.1, 0.15) is 0 Å². The highest BCUT2D eigenvalue weighted by Crippen LogP contribution is 2.18. The lowest BCUT2D eigenvalue weighted by Gasteiger charge is -2.36. The van der Waals surface area contributed by atoms with Gasteiger partial charge in [-0.05, 0) is 42.5 Å². The molecule has 1 aliphatic heterocycles. The van der Waals surface area contributed by atoms with Crippen LogP contribution >= 0.6 is 15.9 Å². The smallest absolute Gasteiger partial charge is 0.321 e. The van der Waals surface area contributed by atoms with E-state index in [1.54, 1.807) is 11.0 Å². The molecule has 0 saturated carbocycles. The minimum Gasteiger partial charge on any atom is -0.368 e. The monoisotopic (exact) mass is 377 g/mol. The van der Waals surface area contributed by atoms with Gasteiger partial charge in [-0.1, -0.05) is 22.0 Å². The van der Waals surface area contributed by atoms with Gasteiger partial charge >= 0.3 is 6.03 Å². The molecular formula is C17H17BrFN3O. The van der Waals surface area contributed by atoms with Gasteiger partial charge in [0.15, 0.2) is 0 Å². The molecule has 0 aliphatic carbocycles. The molecule has 1 saturated heterocycles. The van der Waals surface area contributed by atoms with E-state index in [4.69, 9.17) is 0 Å². The summed E-state index contributed by atoms with van der Waals surface area (Å²) < 4.78 is 14.3. The van der Waals surface area contributed by atoms with Crippen molar-refractivity contribution < 1.29 is 9.18 Å². The number of nitrogens with one attached hydrogen (secondary N) is 1. The lowest BCUT2D eigenvalue weighted by atomic mass is 10.2. The molecule has 0 atom stereocenters. The highest BCUT2D eigenvalue weighted by Gasteiger charge is 2.21. The number of rotatable bonds is 2. The number of hydrogen-bond acceptors (Lipinski definition) is 2. The molecule has 6 heteroatoms. The van der Waals surface area contributed by atoms with E-state index >= 15 is 0 Å². The van der Waals surface area contributed by atoms with Crippen LogP contribution in [0.15, 0.2) is 53.0 Å². The summed E-state index contributed by atoms with van der Waals surface area (Å²) in [5.41, 5.74) is 1.63. The van der Waals surface area contributed by atoms with Crippen molar-refractivity contribution in [2.75, 3.05) is 36.4 Å². The molecule has 1 aliphatic rings. The second-order valence-electron chi connectivity index (χ2n) is 5.39. The number of urea groups is 1. The van der Waals surface area contributed by atoms with Gasteiger partial charge in [-0.3, -0.25) is 0 Å². The topological polar surface area (TPSA) is 35.6 Å². The minimum atomic E-state index is -0.238. The molecule has 1 fully saturated rings. The molecule has 0 radical (unpaired) electrons. The van der Waals surface area contributed by atoms with Crippen LogP contribution in [0, 0.1) is 5.82 Å². The van der Waals surface area contributed by atoms with Gasteiger partial charge in [0.05, 0.1) is 0 Å². The number of carbonyl (C=O) groups is 1. The maximum atomic E-state index is 13.3. The second-order valence-corrected chi connectivity index (χ2v) is 6.31. The fourth-order valence-corrected chi connectivity index (χ4v) is 2.84. The van der Waals surface area contributed by atoms with Gasteiger partial charge in [0.2, 0.25) is 0 Å². The molecule has 2 aromatic carbocycles. The predicted octanol–water partition coefficient (Wildman–Crippen LogP) is 3.94. The maximum Gasteiger partial charge on any atom is 0.321 e. The molecule has 120 valence electrons. The van der Waals surface area contributed by atoms with Gasteiger partial charge in [-0.2, -0.15) is 0 Å². The van der Waals surface area contributed by atoms with Gasteiger partial charge in [0.25, 0.3) is 0 Å². The first kappa shape index (κ1) is 15.8. The summed E-state index contributed by atoms with van der Waals surface area (Å²) in [5.74, 6) is -0.238. The normalized spacial score (nSPS) is 14.7. The zero-order valence-electron chi connectivity index (χ0n) is 12.5. The van der Waals surface area contributed by atoms with Crippen molar-refractivity contribution in [3.05, 3.63) is 58.8 Å². The van der Waals surface area contributed by atoms with Crippen molar-refractivity contribution in [3.63, 3.8) is 0 Å². The Labute approximate surface area is 143 Å². The summed E-state index contributed by atoms with van der Waals surface area (Å²) in [6.45, 7) is 2.60. The number of anilines is 2. The summed E-state index contributed by atoms with van der Waals surface area (Å²) in [4.78, 5) is 16.1. The molecule has 23 heavy (non-hydrogen) atoms. The Balaban J connectivity index is 1.56. The molecule has 3 rings (SSSR count). The van der Waals surface area contributed by atoms with Gasteiger partial charge in [0.1, 0.15) is 5.82 Å². The van der Waals surface area contributed by atoms with E-state index in [9.17, 15) is 9.18 Å². The molecule has 4 nitrogen and oxygen atoms in total. The molecule has 2 amide bonds. The number of amides is 2. The van der Waals surface area contributed by atoms with Crippen molar-refractivity contribution in [1.29, 1.82) is 0 Å². The summed E-state index contributed by atoms with van der Waals surface area (Å²) in [7, 11) is 0. The number of halogens is 2. The Morgan fingerprint density at radius 1 is 1.04 bits per heavy atom. The molecule has 0 aromatic heterocycles. The van der Waals surface area contributed by atoms with Gasteiger partial charge in [0, 0.05) is 42.0 Å². The van der Waals surface area contributed by atoms with Crippen LogP contribution in [0.25, 0.3) is 0 Å². The summed E-state index contributed by atoms with van der Waals surface area (Å²) in [6.07, 6.45) is 0. The Morgan fingerprint density at radius 3 is 2.39 bits per heavy atom. The Bertz CT molecular complexity index is 684. The largest absolute Gasteiger partial charge is 0.368 e. The van der Waals surface area contributed by atoms with E-state index in [2.05, 4.69) is 26.1 Å². The van der Waals surface area contributed by atoms with Crippen molar-refractivity contribution in [1.82, 2.24) is 4.90 Å². The average Bonchev–Trinajstić information content (AvgIpc) is 2.57. The van der Waals surface area contributed by atoms with Crippen LogP contribution in [-0.2, 0) is 0 Å². The van der Waals surface area contributed by atoms with E-state index in [1.165, 1.54) is 12.1 Å². The van der Waals surface area contributed by atoms with Crippen LogP contribution < -0.4 is 10.2 Å². The summed E-state index contributed by atoms with van der Waals surface area (Å²) >= 11 is 3.37. The van der Waals surface area contributed by atoms with Crippen LogP contribution in [0.2, 0.25) is 0 Å². The SMILES string of the molecule is O=C(Nc1ccc(Br)cc1)N1CCN(c2cccc(F)c2)CC1. The fourth-order valence-electron chi connectivity index (χ4n) is 2.58. The van der Waals surface area contributed by atoms with Gasteiger partial charge < -0.3 is 15.1 Å². The fraction of sp³-hybridized carbons (Fsp3) is 0.235. The van der Waals surface area contributed by atoms with Crippen molar-refractivity contribution in [3.8, 4) is 0 Å². The summed E-state index contributed by atoms with van der Waals surface area (Å²) in [6, 6.07) is 13.9. The molecule has 0 spiro atoms. The average molecular weight is 378 g/mol. The van der Waals surface area contributed by atoms with E-state index < -0.39 is 0 Å². The number of benzene rings is 2. The van der Waals surface area contributed by atoms with Crippen LogP contribution in [0.5, 0.6) is 0 Å². The van der Waals surface area contributed by atoms with Crippen molar-refractivity contribution in [2.45, 2.75) is 0 Å². The predicted molar refractivity (Wildman–Crippen MR) is 93.3 cm³/mol. The lowest BCUT2D eigenvalue weighted by Crippen LogP contribution is -2.50. The number of carbonyl (C=O) groups excluding carboxylic acids is 1. The Morgan fingerprint density at radius 2 is 1.74 bits per heavy atom. The Hall–Kier alpha value is -2.08. The first-order chi connectivity index (χ1) is 11.1. The zero-order chi connectivity index (χ0) is 16.2. The third-order valence-corrected chi connectivity index (χ3v) is 4.36. The van der Waals surface area contributed by atoms with Crippen LogP contribution in [-0.4, -0.2) is 37.1 Å². The number of hydrogen-bond donors (Lipinski definition) is 1. The first-order valence-electron chi connectivity index (χ1n) is 7.44. The molecule has 1 heterocycles. The third-order valence-electron chi connectivity index (χ3n) is 3.84. The van der Waals surface area contributed by atoms with Gasteiger partial charge in [-0.15, -0.1) is 0 Å². The van der Waals surface area contributed by atoms with E-state index in [-0.39, 0.29) is 11.8 Å². The zero-order valence-corrected chi connectivity index (χ0v) is 14.1. The van der Waals surface area contributed by atoms with Gasteiger partial charge in [-0.25, -0.2) is 9.18 Å².